The molecule has 11 rings (SSSR count). The van der Waals surface area contributed by atoms with E-state index in [0.29, 0.717) is 12.3 Å². The quantitative estimate of drug-likeness (QED) is 0.0856. The van der Waals surface area contributed by atoms with Gasteiger partial charge in [0.2, 0.25) is 0 Å². The summed E-state index contributed by atoms with van der Waals surface area (Å²) in [4.78, 5) is 10.1. The fraction of sp³-hybridized carbons (Fsp3) is 0.0345. The van der Waals surface area contributed by atoms with Gasteiger partial charge in [-0.3, -0.25) is 0 Å². The summed E-state index contributed by atoms with van der Waals surface area (Å²) in [5.41, 5.74) is 13.0. The van der Waals surface area contributed by atoms with E-state index in [2.05, 4.69) is 145 Å². The standard InChI is InChI=1S/C58H41N2OP/c1-59-57(42-19-5-2-6-20-42)60-56-51-29-14-16-31-53(51)58(55(56)39-44-22-17-21-41-18-11-12-27-48(41)44)52-30-15-13-28-49(52)50-37-34-43(38-54(50)58)40-32-35-47(36-33-40)62(61,45-23-7-3-8-24-45)46-25-9-4-10-26-46/h2-38H,1,39H2. The van der Waals surface area contributed by atoms with Crippen LogP contribution in [-0.2, 0) is 16.4 Å². The number of hydrogen-bond donors (Lipinski definition) is 0. The van der Waals surface area contributed by atoms with E-state index in [0.717, 1.165) is 43.9 Å². The number of rotatable bonds is 8. The Balaban J connectivity index is 1.14. The van der Waals surface area contributed by atoms with Gasteiger partial charge in [0.25, 0.3) is 0 Å². The Bertz CT molecular complexity index is 3250. The lowest BCUT2D eigenvalue weighted by atomic mass is 9.68. The Morgan fingerprint density at radius 3 is 1.71 bits per heavy atom. The summed E-state index contributed by atoms with van der Waals surface area (Å²) >= 11 is 0. The van der Waals surface area contributed by atoms with Crippen LogP contribution < -0.4 is 15.9 Å². The Morgan fingerprint density at radius 1 is 0.484 bits per heavy atom. The van der Waals surface area contributed by atoms with Crippen molar-refractivity contribution in [3.63, 3.8) is 0 Å². The molecule has 0 saturated heterocycles. The van der Waals surface area contributed by atoms with Crippen molar-refractivity contribution in [2.75, 3.05) is 0 Å². The molecular formula is C58H41N2OP. The predicted octanol–water partition coefficient (Wildman–Crippen LogP) is 12.6. The predicted molar refractivity (Wildman–Crippen MR) is 260 cm³/mol. The maximum absolute atomic E-state index is 15.3. The first-order valence-corrected chi connectivity index (χ1v) is 22.8. The molecule has 1 spiro atoms. The Labute approximate surface area is 362 Å². The van der Waals surface area contributed by atoms with Crippen LogP contribution in [-0.4, -0.2) is 12.6 Å². The van der Waals surface area contributed by atoms with E-state index in [9.17, 15) is 0 Å². The van der Waals surface area contributed by atoms with Gasteiger partial charge >= 0.3 is 0 Å². The van der Waals surface area contributed by atoms with E-state index in [-0.39, 0.29) is 0 Å². The number of nitrogens with zero attached hydrogens (tertiary/aromatic N) is 2. The van der Waals surface area contributed by atoms with Crippen molar-refractivity contribution in [1.82, 2.24) is 0 Å². The topological polar surface area (TPSA) is 41.8 Å². The lowest BCUT2D eigenvalue weighted by Crippen LogP contribution is -2.28. The van der Waals surface area contributed by atoms with E-state index in [1.54, 1.807) is 0 Å². The number of aliphatic imine (C=N–C) groups is 2. The van der Waals surface area contributed by atoms with Crippen LogP contribution in [0.5, 0.6) is 0 Å². The minimum atomic E-state index is -3.13. The molecule has 0 amide bonds. The van der Waals surface area contributed by atoms with Gasteiger partial charge in [-0.2, -0.15) is 0 Å². The van der Waals surface area contributed by atoms with Crippen molar-refractivity contribution in [3.05, 3.63) is 263 Å². The molecule has 3 nitrogen and oxygen atoms in total. The summed E-state index contributed by atoms with van der Waals surface area (Å²) in [5, 5.41) is 4.89. The first-order valence-electron chi connectivity index (χ1n) is 21.1. The minimum Gasteiger partial charge on any atom is -0.309 e. The molecule has 9 aromatic rings. The van der Waals surface area contributed by atoms with E-state index in [1.807, 2.05) is 91.0 Å². The van der Waals surface area contributed by atoms with Crippen molar-refractivity contribution in [2.45, 2.75) is 11.8 Å². The highest BCUT2D eigenvalue weighted by Gasteiger charge is 2.53. The molecule has 9 aromatic carbocycles. The van der Waals surface area contributed by atoms with Crippen molar-refractivity contribution in [2.24, 2.45) is 9.98 Å². The van der Waals surface area contributed by atoms with E-state index < -0.39 is 12.6 Å². The molecule has 2 aliphatic carbocycles. The van der Waals surface area contributed by atoms with Gasteiger partial charge in [0.15, 0.2) is 13.0 Å². The second-order valence-electron chi connectivity index (χ2n) is 16.0. The smallest absolute Gasteiger partial charge is 0.171 e. The summed E-state index contributed by atoms with van der Waals surface area (Å²) in [5.74, 6) is 0.589. The van der Waals surface area contributed by atoms with Gasteiger partial charge in [-0.15, -0.1) is 0 Å². The lowest BCUT2D eigenvalue weighted by Gasteiger charge is -2.33. The van der Waals surface area contributed by atoms with Crippen LogP contribution in [0.4, 0.5) is 0 Å². The first kappa shape index (κ1) is 37.5. The third kappa shape index (κ3) is 5.85. The van der Waals surface area contributed by atoms with E-state index in [4.69, 9.17) is 4.99 Å². The summed E-state index contributed by atoms with van der Waals surface area (Å²) in [6, 6.07) is 78.2. The molecule has 1 atom stereocenters. The fourth-order valence-corrected chi connectivity index (χ4v) is 12.7. The second kappa shape index (κ2) is 15.2. The molecule has 0 N–H and O–H groups in total. The molecule has 0 aliphatic heterocycles. The molecule has 1 unspecified atom stereocenters. The van der Waals surface area contributed by atoms with Crippen LogP contribution in [0.25, 0.3) is 38.7 Å². The monoisotopic (exact) mass is 812 g/mol. The van der Waals surface area contributed by atoms with Crippen molar-refractivity contribution >= 4 is 52.1 Å². The maximum atomic E-state index is 15.3. The first-order chi connectivity index (χ1) is 30.6. The van der Waals surface area contributed by atoms with E-state index >= 15 is 4.57 Å². The van der Waals surface area contributed by atoms with Gasteiger partial charge in [-0.25, -0.2) is 9.98 Å². The number of fused-ring (bicyclic) bond motifs is 8. The highest BCUT2D eigenvalue weighted by Crippen LogP contribution is 2.63. The van der Waals surface area contributed by atoms with Gasteiger partial charge in [-0.05, 0) is 80.1 Å². The highest BCUT2D eigenvalue weighted by molar-refractivity contribution is 7.85. The average Bonchev–Trinajstić information content (AvgIpc) is 3.79. The summed E-state index contributed by atoms with van der Waals surface area (Å²) in [6.45, 7) is 4.03. The number of amidine groups is 1. The molecule has 62 heavy (non-hydrogen) atoms. The Kier molecular flexibility index (Phi) is 9.22. The van der Waals surface area contributed by atoms with Gasteiger partial charge in [-0.1, -0.05) is 218 Å². The van der Waals surface area contributed by atoms with Gasteiger partial charge in [0.1, 0.15) is 0 Å². The van der Waals surface area contributed by atoms with Crippen molar-refractivity contribution < 1.29 is 4.57 Å². The summed E-state index contributed by atoms with van der Waals surface area (Å²) in [7, 11) is -3.13. The van der Waals surface area contributed by atoms with Crippen molar-refractivity contribution in [3.8, 4) is 22.3 Å². The molecule has 0 radical (unpaired) electrons. The van der Waals surface area contributed by atoms with Gasteiger partial charge in [0.05, 0.1) is 11.1 Å². The third-order valence-corrected chi connectivity index (χ3v) is 15.9. The highest BCUT2D eigenvalue weighted by atomic mass is 31.2. The van der Waals surface area contributed by atoms with Crippen LogP contribution in [0.3, 0.4) is 0 Å². The van der Waals surface area contributed by atoms with Crippen LogP contribution >= 0.6 is 7.14 Å². The van der Waals surface area contributed by atoms with Gasteiger partial charge in [0, 0.05) is 27.0 Å². The average molecular weight is 813 g/mol. The normalized spacial score (nSPS) is 15.4. The van der Waals surface area contributed by atoms with Crippen LogP contribution in [0.15, 0.2) is 240 Å². The van der Waals surface area contributed by atoms with Gasteiger partial charge < -0.3 is 4.57 Å². The van der Waals surface area contributed by atoms with Crippen LogP contribution in [0.2, 0.25) is 0 Å². The zero-order valence-electron chi connectivity index (χ0n) is 34.0. The van der Waals surface area contributed by atoms with Crippen LogP contribution in [0.1, 0.15) is 33.4 Å². The van der Waals surface area contributed by atoms with Crippen LogP contribution in [0, 0.1) is 0 Å². The molecule has 2 aliphatic rings. The molecule has 0 bridgehead atoms. The molecule has 294 valence electrons. The molecular weight excluding hydrogens is 772 g/mol. The third-order valence-electron chi connectivity index (χ3n) is 12.8. The minimum absolute atomic E-state index is 0.589. The number of hydrogen-bond acceptors (Lipinski definition) is 2. The maximum Gasteiger partial charge on any atom is 0.171 e. The number of benzene rings is 9. The molecule has 4 heteroatoms. The molecule has 0 saturated carbocycles. The number of allylic oxidation sites excluding steroid dienone is 1. The molecule has 0 aromatic heterocycles. The zero-order valence-corrected chi connectivity index (χ0v) is 34.9. The largest absolute Gasteiger partial charge is 0.309 e. The van der Waals surface area contributed by atoms with Crippen molar-refractivity contribution in [1.29, 1.82) is 0 Å². The molecule has 0 heterocycles. The zero-order chi connectivity index (χ0) is 41.7. The fourth-order valence-electron chi connectivity index (χ4n) is 10.0. The Morgan fingerprint density at radius 2 is 1.02 bits per heavy atom. The Hall–Kier alpha value is -7.45. The van der Waals surface area contributed by atoms with E-state index in [1.165, 1.54) is 49.7 Å². The lowest BCUT2D eigenvalue weighted by molar-refractivity contribution is 0.592. The SMILES string of the molecule is C=NC(=NC1=C(Cc2cccc3ccccc23)C2(c3ccccc31)c1ccccc1-c1ccc(-c3ccc(P(=O)(c4ccccc4)c4ccccc4)cc3)cc12)c1ccccc1. The molecule has 0 fully saturated rings. The second-order valence-corrected chi connectivity index (χ2v) is 18.8. The summed E-state index contributed by atoms with van der Waals surface area (Å²) < 4.78 is 15.3. The summed E-state index contributed by atoms with van der Waals surface area (Å²) in [6.07, 6.45) is 0.662.